The van der Waals surface area contributed by atoms with Crippen molar-refractivity contribution < 1.29 is 14.3 Å². The van der Waals surface area contributed by atoms with Crippen LogP contribution in [0.5, 0.6) is 0 Å². The van der Waals surface area contributed by atoms with Crippen LogP contribution in [0.4, 0.5) is 0 Å². The number of nitrogens with zero attached hydrogens (tertiary/aromatic N) is 1. The molecule has 0 aliphatic rings. The summed E-state index contributed by atoms with van der Waals surface area (Å²) < 4.78 is 4.67. The largest absolute Gasteiger partial charge is 0.469 e. The molecular weight excluding hydrogens is 256 g/mol. The number of rotatable bonds is 4. The van der Waals surface area contributed by atoms with Crippen molar-refractivity contribution in [3.8, 4) is 0 Å². The smallest absolute Gasteiger partial charge is 0.310 e. The molecule has 1 atom stereocenters. The van der Waals surface area contributed by atoms with Gasteiger partial charge >= 0.3 is 5.97 Å². The van der Waals surface area contributed by atoms with E-state index >= 15 is 0 Å². The average molecular weight is 274 g/mol. The third-order valence-corrected chi connectivity index (χ3v) is 3.32. The Balaban J connectivity index is 2.18. The summed E-state index contributed by atoms with van der Waals surface area (Å²) in [6.07, 6.45) is 1.80. The summed E-state index contributed by atoms with van der Waals surface area (Å²) in [5, 5.41) is 0.991. The van der Waals surface area contributed by atoms with E-state index in [0.29, 0.717) is 12.1 Å². The lowest BCUT2D eigenvalue weighted by atomic mass is 10.1. The van der Waals surface area contributed by atoms with E-state index in [1.54, 1.807) is 26.2 Å². The molecule has 0 saturated heterocycles. The molecule has 1 amide bonds. The molecule has 2 rings (SSSR count). The molecule has 0 radical (unpaired) electrons. The lowest BCUT2D eigenvalue weighted by Crippen LogP contribution is -2.34. The maximum atomic E-state index is 12.5. The number of aromatic nitrogens is 1. The van der Waals surface area contributed by atoms with E-state index in [2.05, 4.69) is 9.72 Å². The quantitative estimate of drug-likeness (QED) is 0.868. The van der Waals surface area contributed by atoms with Crippen LogP contribution < -0.4 is 0 Å². The van der Waals surface area contributed by atoms with Crippen molar-refractivity contribution in [1.29, 1.82) is 0 Å². The van der Waals surface area contributed by atoms with Crippen molar-refractivity contribution >= 4 is 22.8 Å². The van der Waals surface area contributed by atoms with Crippen LogP contribution in [0.25, 0.3) is 10.9 Å². The van der Waals surface area contributed by atoms with Gasteiger partial charge in [0.2, 0.25) is 0 Å². The second kappa shape index (κ2) is 5.77. The maximum Gasteiger partial charge on any atom is 0.310 e. The van der Waals surface area contributed by atoms with Crippen LogP contribution in [-0.2, 0) is 9.53 Å². The molecule has 0 bridgehead atoms. The number of nitrogens with one attached hydrogen (secondary N) is 1. The fraction of sp³-hybridized carbons (Fsp3) is 0.333. The number of ether oxygens (including phenoxy) is 1. The summed E-state index contributed by atoms with van der Waals surface area (Å²) in [4.78, 5) is 28.5. The Morgan fingerprint density at radius 2 is 2.10 bits per heavy atom. The van der Waals surface area contributed by atoms with Crippen LogP contribution in [0, 0.1) is 5.92 Å². The van der Waals surface area contributed by atoms with Gasteiger partial charge < -0.3 is 14.6 Å². The van der Waals surface area contributed by atoms with Gasteiger partial charge in [-0.1, -0.05) is 19.1 Å². The van der Waals surface area contributed by atoms with Crippen LogP contribution in [-0.4, -0.2) is 42.5 Å². The Kier molecular flexibility index (Phi) is 4.08. The highest BCUT2D eigenvalue weighted by atomic mass is 16.5. The lowest BCUT2D eigenvalue weighted by Gasteiger charge is -2.20. The second-order valence-electron chi connectivity index (χ2n) is 4.86. The molecule has 0 aliphatic carbocycles. The van der Waals surface area contributed by atoms with E-state index in [1.807, 2.05) is 18.2 Å². The van der Waals surface area contributed by atoms with Crippen molar-refractivity contribution in [2.45, 2.75) is 6.92 Å². The van der Waals surface area contributed by atoms with Crippen molar-refractivity contribution in [2.75, 3.05) is 20.7 Å². The Labute approximate surface area is 117 Å². The van der Waals surface area contributed by atoms with Gasteiger partial charge in [-0.05, 0) is 12.1 Å². The number of hydrogen-bond acceptors (Lipinski definition) is 3. The first-order valence-corrected chi connectivity index (χ1v) is 6.44. The summed E-state index contributed by atoms with van der Waals surface area (Å²) in [5.74, 6) is -0.784. The fourth-order valence-electron chi connectivity index (χ4n) is 2.24. The molecule has 0 spiro atoms. The standard InChI is InChI=1S/C15H18N2O3/c1-10(15(19)20-3)9-17(2)14(18)12-6-4-5-11-7-8-16-13(11)12/h4-8,10,16H,9H2,1-3H3. The van der Waals surface area contributed by atoms with Crippen molar-refractivity contribution in [3.05, 3.63) is 36.0 Å². The second-order valence-corrected chi connectivity index (χ2v) is 4.86. The third kappa shape index (κ3) is 2.66. The normalized spacial score (nSPS) is 12.2. The number of benzene rings is 1. The summed E-state index contributed by atoms with van der Waals surface area (Å²) in [7, 11) is 3.03. The number of esters is 1. The van der Waals surface area contributed by atoms with Gasteiger partial charge in [-0.2, -0.15) is 0 Å². The van der Waals surface area contributed by atoms with Gasteiger partial charge in [0.15, 0.2) is 0 Å². The predicted octanol–water partition coefficient (Wildman–Crippen LogP) is 2.05. The zero-order chi connectivity index (χ0) is 14.7. The van der Waals surface area contributed by atoms with Gasteiger partial charge in [-0.25, -0.2) is 0 Å². The molecule has 0 saturated carbocycles. The van der Waals surface area contributed by atoms with Crippen molar-refractivity contribution in [3.63, 3.8) is 0 Å². The molecule has 1 unspecified atom stereocenters. The predicted molar refractivity (Wildman–Crippen MR) is 76.4 cm³/mol. The van der Waals surface area contributed by atoms with Gasteiger partial charge in [-0.3, -0.25) is 9.59 Å². The molecule has 1 N–H and O–H groups in total. The molecule has 5 heteroatoms. The highest BCUT2D eigenvalue weighted by molar-refractivity contribution is 6.05. The average Bonchev–Trinajstić information content (AvgIpc) is 2.93. The molecular formula is C15H18N2O3. The number of methoxy groups -OCH3 is 1. The van der Waals surface area contributed by atoms with Crippen LogP contribution >= 0.6 is 0 Å². The minimum atomic E-state index is -0.350. The fourth-order valence-corrected chi connectivity index (χ4v) is 2.24. The monoisotopic (exact) mass is 274 g/mol. The SMILES string of the molecule is COC(=O)C(C)CN(C)C(=O)c1cccc2cc[nH]c12. The van der Waals surface area contributed by atoms with Crippen molar-refractivity contribution in [1.82, 2.24) is 9.88 Å². The molecule has 5 nitrogen and oxygen atoms in total. The Morgan fingerprint density at radius 3 is 2.80 bits per heavy atom. The first kappa shape index (κ1) is 14.1. The summed E-state index contributed by atoms with van der Waals surface area (Å²) >= 11 is 0. The van der Waals surface area contributed by atoms with Gasteiger partial charge in [0, 0.05) is 25.2 Å². The molecule has 2 aromatic rings. The zero-order valence-electron chi connectivity index (χ0n) is 11.8. The molecule has 0 aliphatic heterocycles. The Hall–Kier alpha value is -2.30. The number of amides is 1. The molecule has 1 heterocycles. The van der Waals surface area contributed by atoms with E-state index in [-0.39, 0.29) is 17.8 Å². The first-order valence-electron chi connectivity index (χ1n) is 6.44. The highest BCUT2D eigenvalue weighted by Gasteiger charge is 2.21. The number of fused-ring (bicyclic) bond motifs is 1. The van der Waals surface area contributed by atoms with Gasteiger partial charge in [-0.15, -0.1) is 0 Å². The maximum absolute atomic E-state index is 12.5. The van der Waals surface area contributed by atoms with Gasteiger partial charge in [0.25, 0.3) is 5.91 Å². The minimum Gasteiger partial charge on any atom is -0.469 e. The Bertz CT molecular complexity index is 633. The minimum absolute atomic E-state index is 0.117. The first-order chi connectivity index (χ1) is 9.54. The number of H-pyrrole nitrogens is 1. The summed E-state index contributed by atoms with van der Waals surface area (Å²) in [6.45, 7) is 2.06. The molecule has 1 aromatic carbocycles. The van der Waals surface area contributed by atoms with E-state index in [0.717, 1.165) is 10.9 Å². The number of aromatic amines is 1. The Morgan fingerprint density at radius 1 is 1.35 bits per heavy atom. The van der Waals surface area contributed by atoms with Gasteiger partial charge in [0.05, 0.1) is 24.1 Å². The summed E-state index contributed by atoms with van der Waals surface area (Å²) in [5.41, 5.74) is 1.42. The third-order valence-electron chi connectivity index (χ3n) is 3.32. The number of carbonyl (C=O) groups is 2. The van der Waals surface area contributed by atoms with Gasteiger partial charge in [0.1, 0.15) is 0 Å². The lowest BCUT2D eigenvalue weighted by molar-refractivity contribution is -0.145. The number of carbonyl (C=O) groups excluding carboxylic acids is 2. The van der Waals surface area contributed by atoms with Crippen LogP contribution in [0.1, 0.15) is 17.3 Å². The number of hydrogen-bond donors (Lipinski definition) is 1. The van der Waals surface area contributed by atoms with E-state index in [4.69, 9.17) is 0 Å². The molecule has 0 fully saturated rings. The number of para-hydroxylation sites is 1. The van der Waals surface area contributed by atoms with E-state index in [1.165, 1.54) is 12.0 Å². The van der Waals surface area contributed by atoms with Crippen LogP contribution in [0.3, 0.4) is 0 Å². The van der Waals surface area contributed by atoms with Crippen LogP contribution in [0.15, 0.2) is 30.5 Å². The zero-order valence-corrected chi connectivity index (χ0v) is 11.8. The van der Waals surface area contributed by atoms with Crippen molar-refractivity contribution in [2.24, 2.45) is 5.92 Å². The summed E-state index contributed by atoms with van der Waals surface area (Å²) in [6, 6.07) is 7.49. The molecule has 106 valence electrons. The molecule has 20 heavy (non-hydrogen) atoms. The van der Waals surface area contributed by atoms with E-state index in [9.17, 15) is 9.59 Å². The van der Waals surface area contributed by atoms with E-state index < -0.39 is 0 Å². The molecule has 1 aromatic heterocycles. The topological polar surface area (TPSA) is 62.4 Å². The highest BCUT2D eigenvalue weighted by Crippen LogP contribution is 2.18. The van der Waals surface area contributed by atoms with Crippen LogP contribution in [0.2, 0.25) is 0 Å².